The molecule has 1 aromatic heterocycles. The van der Waals surface area contributed by atoms with Gasteiger partial charge in [-0.15, -0.1) is 5.10 Å². The van der Waals surface area contributed by atoms with E-state index in [2.05, 4.69) is 46.4 Å². The summed E-state index contributed by atoms with van der Waals surface area (Å²) in [4.78, 5) is 4.50. The molecule has 5 heteroatoms. The van der Waals surface area contributed by atoms with Gasteiger partial charge in [0.15, 0.2) is 5.82 Å². The van der Waals surface area contributed by atoms with Gasteiger partial charge in [-0.05, 0) is 36.8 Å². The Kier molecular flexibility index (Phi) is 4.27. The van der Waals surface area contributed by atoms with Crippen LogP contribution in [0.3, 0.4) is 0 Å². The Morgan fingerprint density at radius 1 is 1.05 bits per heavy atom. The maximum atomic E-state index is 5.88. The highest BCUT2D eigenvalue weighted by Gasteiger charge is 2.06. The van der Waals surface area contributed by atoms with Crippen molar-refractivity contribution in [1.29, 1.82) is 0 Å². The normalized spacial score (nSPS) is 10.8. The Bertz CT molecular complexity index is 720. The largest absolute Gasteiger partial charge is 0.258 e. The fraction of sp³-hybridized carbons (Fsp3) is 0.125. The van der Waals surface area contributed by atoms with Gasteiger partial charge in [0.1, 0.15) is 0 Å². The van der Waals surface area contributed by atoms with E-state index in [1.54, 1.807) is 11.8 Å². The Balaban J connectivity index is 1.67. The molecular formula is C16H14ClN3S. The second kappa shape index (κ2) is 6.33. The third-order valence-electron chi connectivity index (χ3n) is 3.07. The summed E-state index contributed by atoms with van der Waals surface area (Å²) in [6.45, 7) is 2.09. The summed E-state index contributed by atoms with van der Waals surface area (Å²) in [5, 5.41) is 8.67. The molecule has 0 amide bonds. The Hall–Kier alpha value is -1.78. The van der Waals surface area contributed by atoms with E-state index in [0.29, 0.717) is 5.02 Å². The highest BCUT2D eigenvalue weighted by atomic mass is 35.5. The van der Waals surface area contributed by atoms with Crippen LogP contribution in [0.4, 0.5) is 0 Å². The third-order valence-corrected chi connectivity index (χ3v) is 4.24. The van der Waals surface area contributed by atoms with E-state index in [-0.39, 0.29) is 0 Å². The highest BCUT2D eigenvalue weighted by molar-refractivity contribution is 7.98. The van der Waals surface area contributed by atoms with Crippen LogP contribution in [0.15, 0.2) is 53.7 Å². The molecule has 0 bridgehead atoms. The summed E-state index contributed by atoms with van der Waals surface area (Å²) in [5.41, 5.74) is 3.52. The van der Waals surface area contributed by atoms with E-state index >= 15 is 0 Å². The molecule has 0 aliphatic carbocycles. The minimum Gasteiger partial charge on any atom is -0.258 e. The number of thioether (sulfide) groups is 1. The quantitative estimate of drug-likeness (QED) is 0.708. The highest BCUT2D eigenvalue weighted by Crippen LogP contribution is 2.23. The maximum Gasteiger partial charge on any atom is 0.209 e. The van der Waals surface area contributed by atoms with E-state index in [0.717, 1.165) is 22.3 Å². The number of benzene rings is 2. The van der Waals surface area contributed by atoms with Crippen LogP contribution in [0.25, 0.3) is 11.4 Å². The molecule has 21 heavy (non-hydrogen) atoms. The van der Waals surface area contributed by atoms with Crippen molar-refractivity contribution < 1.29 is 0 Å². The van der Waals surface area contributed by atoms with Crippen LogP contribution < -0.4 is 0 Å². The Morgan fingerprint density at radius 2 is 1.76 bits per heavy atom. The van der Waals surface area contributed by atoms with Crippen molar-refractivity contribution in [1.82, 2.24) is 15.2 Å². The zero-order chi connectivity index (χ0) is 14.7. The fourth-order valence-electron chi connectivity index (χ4n) is 1.88. The first-order valence-electron chi connectivity index (χ1n) is 6.57. The molecule has 0 aliphatic heterocycles. The molecule has 2 aromatic carbocycles. The van der Waals surface area contributed by atoms with Crippen molar-refractivity contribution >= 4 is 23.4 Å². The van der Waals surface area contributed by atoms with E-state index in [1.807, 2.05) is 24.3 Å². The monoisotopic (exact) mass is 315 g/mol. The lowest BCUT2D eigenvalue weighted by molar-refractivity contribution is 0.973. The molecule has 0 radical (unpaired) electrons. The smallest absolute Gasteiger partial charge is 0.209 e. The first kappa shape index (κ1) is 14.2. The number of aromatic amines is 1. The predicted molar refractivity (Wildman–Crippen MR) is 87.6 cm³/mol. The molecule has 0 saturated heterocycles. The number of halogens is 1. The number of hydrogen-bond acceptors (Lipinski definition) is 3. The van der Waals surface area contributed by atoms with Gasteiger partial charge in [-0.3, -0.25) is 5.10 Å². The third kappa shape index (κ3) is 3.65. The van der Waals surface area contributed by atoms with Gasteiger partial charge in [0.2, 0.25) is 5.16 Å². The van der Waals surface area contributed by atoms with Crippen molar-refractivity contribution in [3.63, 3.8) is 0 Å². The lowest BCUT2D eigenvalue weighted by Crippen LogP contribution is -1.82. The summed E-state index contributed by atoms with van der Waals surface area (Å²) in [6.07, 6.45) is 0. The van der Waals surface area contributed by atoms with E-state index in [9.17, 15) is 0 Å². The van der Waals surface area contributed by atoms with Crippen LogP contribution in [0.5, 0.6) is 0 Å². The second-order valence-electron chi connectivity index (χ2n) is 4.75. The van der Waals surface area contributed by atoms with Crippen LogP contribution in [0.1, 0.15) is 11.1 Å². The summed E-state index contributed by atoms with van der Waals surface area (Å²) < 4.78 is 0. The molecule has 0 aliphatic rings. The van der Waals surface area contributed by atoms with Crippen molar-refractivity contribution in [3.8, 4) is 11.4 Å². The number of hydrogen-bond donors (Lipinski definition) is 1. The first-order valence-corrected chi connectivity index (χ1v) is 7.94. The van der Waals surface area contributed by atoms with Gasteiger partial charge in [-0.25, -0.2) is 4.98 Å². The van der Waals surface area contributed by atoms with Gasteiger partial charge in [0, 0.05) is 16.3 Å². The van der Waals surface area contributed by atoms with Gasteiger partial charge in [-0.1, -0.05) is 53.2 Å². The summed E-state index contributed by atoms with van der Waals surface area (Å²) in [7, 11) is 0. The molecule has 0 saturated carbocycles. The first-order chi connectivity index (χ1) is 10.2. The number of H-pyrrole nitrogens is 1. The molecule has 1 N–H and O–H groups in total. The molecule has 0 atom stereocenters. The molecule has 3 aromatic rings. The lowest BCUT2D eigenvalue weighted by Gasteiger charge is -1.99. The van der Waals surface area contributed by atoms with Crippen molar-refractivity contribution in [2.24, 2.45) is 0 Å². The lowest BCUT2D eigenvalue weighted by atomic mass is 10.2. The minimum absolute atomic E-state index is 0.715. The van der Waals surface area contributed by atoms with Gasteiger partial charge in [0.25, 0.3) is 0 Å². The van der Waals surface area contributed by atoms with Crippen molar-refractivity contribution in [3.05, 3.63) is 64.7 Å². The van der Waals surface area contributed by atoms with Crippen LogP contribution >= 0.6 is 23.4 Å². The molecule has 0 spiro atoms. The summed E-state index contributed by atoms with van der Waals surface area (Å²) >= 11 is 7.50. The zero-order valence-electron chi connectivity index (χ0n) is 11.5. The molecular weight excluding hydrogens is 302 g/mol. The van der Waals surface area contributed by atoms with Gasteiger partial charge in [0.05, 0.1) is 0 Å². The topological polar surface area (TPSA) is 41.6 Å². The number of nitrogens with one attached hydrogen (secondary N) is 1. The average molecular weight is 316 g/mol. The molecule has 3 nitrogen and oxygen atoms in total. The second-order valence-corrected chi connectivity index (χ2v) is 6.13. The number of aryl methyl sites for hydroxylation is 1. The number of rotatable bonds is 4. The molecule has 0 unspecified atom stereocenters. The fourth-order valence-corrected chi connectivity index (χ4v) is 2.76. The van der Waals surface area contributed by atoms with Gasteiger partial charge >= 0.3 is 0 Å². The van der Waals surface area contributed by atoms with Crippen molar-refractivity contribution in [2.45, 2.75) is 17.8 Å². The van der Waals surface area contributed by atoms with E-state index in [1.165, 1.54) is 11.1 Å². The molecule has 0 fully saturated rings. The zero-order valence-corrected chi connectivity index (χ0v) is 13.1. The van der Waals surface area contributed by atoms with Gasteiger partial charge in [-0.2, -0.15) is 0 Å². The van der Waals surface area contributed by atoms with Crippen LogP contribution in [-0.2, 0) is 5.75 Å². The summed E-state index contributed by atoms with van der Waals surface area (Å²) in [5.74, 6) is 1.62. The van der Waals surface area contributed by atoms with Gasteiger partial charge < -0.3 is 0 Å². The Morgan fingerprint density at radius 3 is 2.48 bits per heavy atom. The van der Waals surface area contributed by atoms with Crippen LogP contribution in [0, 0.1) is 6.92 Å². The number of nitrogens with zero attached hydrogens (tertiary/aromatic N) is 2. The summed E-state index contributed by atoms with van der Waals surface area (Å²) in [6, 6.07) is 16.1. The van der Waals surface area contributed by atoms with Crippen LogP contribution in [-0.4, -0.2) is 15.2 Å². The standard InChI is InChI=1S/C16H14ClN3S/c1-11-2-4-12(5-3-11)10-21-16-18-15(19-20-16)13-6-8-14(17)9-7-13/h2-9H,10H2,1H3,(H,18,19,20). The molecule has 3 rings (SSSR count). The molecule has 106 valence electrons. The van der Waals surface area contributed by atoms with E-state index in [4.69, 9.17) is 11.6 Å². The molecule has 1 heterocycles. The maximum absolute atomic E-state index is 5.88. The van der Waals surface area contributed by atoms with Crippen LogP contribution in [0.2, 0.25) is 5.02 Å². The predicted octanol–water partition coefficient (Wildman–Crippen LogP) is 4.73. The van der Waals surface area contributed by atoms with Crippen molar-refractivity contribution in [2.75, 3.05) is 0 Å². The minimum atomic E-state index is 0.715. The van der Waals surface area contributed by atoms with E-state index < -0.39 is 0 Å². The Labute approximate surface area is 132 Å². The average Bonchev–Trinajstić information content (AvgIpc) is 2.96. The number of aromatic nitrogens is 3. The SMILES string of the molecule is Cc1ccc(CSc2n[nH]c(-c3ccc(Cl)cc3)n2)cc1.